The first-order valence-corrected chi connectivity index (χ1v) is 13.6. The number of rotatable bonds is 10. The number of hydrogen-bond donors (Lipinski definition) is 1. The van der Waals surface area contributed by atoms with Gasteiger partial charge in [0.1, 0.15) is 24.3 Å². The normalized spacial score (nSPS) is 13.0. The van der Waals surface area contributed by atoms with E-state index in [0.29, 0.717) is 11.5 Å². The highest BCUT2D eigenvalue weighted by Crippen LogP contribution is 2.28. The van der Waals surface area contributed by atoms with Gasteiger partial charge in [0.15, 0.2) is 23.2 Å². The molecule has 8 nitrogen and oxygen atoms in total. The van der Waals surface area contributed by atoms with Gasteiger partial charge in [-0.05, 0) is 69.3 Å². The third-order valence-electron chi connectivity index (χ3n) is 6.15. The number of pyridine rings is 1. The number of ketones is 1. The molecule has 0 radical (unpaired) electrons. The third kappa shape index (κ3) is 7.63. The minimum absolute atomic E-state index is 0.0986. The quantitative estimate of drug-likeness (QED) is 0.223. The molecule has 226 valence electrons. The lowest BCUT2D eigenvalue weighted by Gasteiger charge is -2.25. The summed E-state index contributed by atoms with van der Waals surface area (Å²) >= 11 is 12.1. The number of aryl methyl sites for hydroxylation is 1. The molecule has 1 amide bonds. The number of halogens is 5. The highest BCUT2D eigenvalue weighted by atomic mass is 35.5. The Morgan fingerprint density at radius 2 is 1.69 bits per heavy atom. The maximum Gasteiger partial charge on any atom is 0.308 e. The summed E-state index contributed by atoms with van der Waals surface area (Å²) < 4.78 is 53.8. The number of fused-ring (bicyclic) bond motifs is 1. The van der Waals surface area contributed by atoms with E-state index < -0.39 is 77.1 Å². The van der Waals surface area contributed by atoms with Crippen molar-refractivity contribution in [2.75, 3.05) is 6.61 Å². The standard InChI is InChI=1S/C29H29Cl2F3N2O6/c1-6-21(36-8-7-15-10-17(30)18(31)11-16(15)28(36)40)27(39)35-20(12-23(38)42-29(3,4)5)22(37)13-41-26-24(33)14(2)9-19(32)25(26)34/h7-11,20-21H,6,12-13H2,1-5H3,(H,35,39)/t20?,21-/m0/s1. The largest absolute Gasteiger partial charge is 0.480 e. The molecular formula is C29H29Cl2F3N2O6. The summed E-state index contributed by atoms with van der Waals surface area (Å²) in [5.41, 5.74) is -1.74. The van der Waals surface area contributed by atoms with Crippen LogP contribution in [-0.4, -0.2) is 40.5 Å². The lowest BCUT2D eigenvalue weighted by Crippen LogP contribution is -2.48. The van der Waals surface area contributed by atoms with Crippen molar-refractivity contribution in [3.63, 3.8) is 0 Å². The number of Topliss-reactive ketones (excluding diaryl/α,β-unsaturated/α-hetero) is 1. The zero-order valence-corrected chi connectivity index (χ0v) is 25.0. The Balaban J connectivity index is 1.90. The molecule has 1 aromatic heterocycles. The third-order valence-corrected chi connectivity index (χ3v) is 6.87. The molecule has 3 rings (SSSR count). The van der Waals surface area contributed by atoms with Crippen molar-refractivity contribution < 1.29 is 37.0 Å². The Bertz CT molecular complexity index is 1580. The fourth-order valence-corrected chi connectivity index (χ4v) is 4.48. The number of carbonyl (C=O) groups excluding carboxylic acids is 3. The first-order chi connectivity index (χ1) is 19.5. The van der Waals surface area contributed by atoms with Gasteiger partial charge in [-0.2, -0.15) is 4.39 Å². The van der Waals surface area contributed by atoms with Crippen LogP contribution in [0.25, 0.3) is 10.8 Å². The molecule has 3 aromatic rings. The molecule has 1 N–H and O–H groups in total. The lowest BCUT2D eigenvalue weighted by molar-refractivity contribution is -0.156. The van der Waals surface area contributed by atoms with Crippen molar-refractivity contribution in [2.24, 2.45) is 0 Å². The molecule has 0 saturated heterocycles. The molecular weight excluding hydrogens is 600 g/mol. The minimum atomic E-state index is -1.64. The predicted molar refractivity (Wildman–Crippen MR) is 152 cm³/mol. The minimum Gasteiger partial charge on any atom is -0.480 e. The molecule has 1 unspecified atom stereocenters. The zero-order chi connectivity index (χ0) is 31.5. The molecule has 0 aliphatic heterocycles. The maximum atomic E-state index is 14.4. The van der Waals surface area contributed by atoms with Gasteiger partial charge in [0.2, 0.25) is 11.7 Å². The fraction of sp³-hybridized carbons (Fsp3) is 0.379. The Morgan fingerprint density at radius 3 is 2.31 bits per heavy atom. The zero-order valence-electron chi connectivity index (χ0n) is 23.4. The average molecular weight is 629 g/mol. The van der Waals surface area contributed by atoms with E-state index in [4.69, 9.17) is 32.7 Å². The second-order valence-corrected chi connectivity index (χ2v) is 11.4. The van der Waals surface area contributed by atoms with Crippen molar-refractivity contribution in [1.29, 1.82) is 0 Å². The second kappa shape index (κ2) is 13.2. The van der Waals surface area contributed by atoms with Crippen LogP contribution in [0.4, 0.5) is 13.2 Å². The Kier molecular flexibility index (Phi) is 10.3. The molecule has 13 heteroatoms. The molecule has 0 aliphatic rings. The van der Waals surface area contributed by atoms with Crippen LogP contribution in [0.1, 0.15) is 52.1 Å². The van der Waals surface area contributed by atoms with E-state index in [9.17, 15) is 32.3 Å². The van der Waals surface area contributed by atoms with Gasteiger partial charge in [-0.15, -0.1) is 0 Å². The molecule has 2 atom stereocenters. The summed E-state index contributed by atoms with van der Waals surface area (Å²) in [6.45, 7) is 6.58. The van der Waals surface area contributed by atoms with Crippen molar-refractivity contribution >= 4 is 51.6 Å². The summed E-state index contributed by atoms with van der Waals surface area (Å²) in [4.78, 5) is 52.4. The molecule has 0 aliphatic carbocycles. The topological polar surface area (TPSA) is 104 Å². The van der Waals surface area contributed by atoms with E-state index in [0.717, 1.165) is 4.57 Å². The van der Waals surface area contributed by atoms with Crippen molar-refractivity contribution in [2.45, 2.75) is 65.1 Å². The van der Waals surface area contributed by atoms with Gasteiger partial charge in [0, 0.05) is 11.6 Å². The van der Waals surface area contributed by atoms with E-state index >= 15 is 0 Å². The van der Waals surface area contributed by atoms with E-state index in [1.54, 1.807) is 33.8 Å². The number of amides is 1. The molecule has 0 bridgehead atoms. The van der Waals surface area contributed by atoms with E-state index in [-0.39, 0.29) is 27.4 Å². The molecule has 1 heterocycles. The highest BCUT2D eigenvalue weighted by Gasteiger charge is 2.31. The maximum absolute atomic E-state index is 14.4. The number of hydrogen-bond acceptors (Lipinski definition) is 6. The van der Waals surface area contributed by atoms with Crippen LogP contribution < -0.4 is 15.6 Å². The molecule has 42 heavy (non-hydrogen) atoms. The van der Waals surface area contributed by atoms with Gasteiger partial charge in [-0.25, -0.2) is 8.78 Å². The molecule has 0 spiro atoms. The molecule has 0 saturated carbocycles. The van der Waals surface area contributed by atoms with Gasteiger partial charge in [0.05, 0.1) is 16.5 Å². The number of nitrogens with zero attached hydrogens (tertiary/aromatic N) is 1. The van der Waals surface area contributed by atoms with Crippen LogP contribution in [0.2, 0.25) is 10.0 Å². The number of esters is 1. The van der Waals surface area contributed by atoms with Crippen LogP contribution >= 0.6 is 23.2 Å². The lowest BCUT2D eigenvalue weighted by atomic mass is 10.1. The van der Waals surface area contributed by atoms with Gasteiger partial charge < -0.3 is 19.4 Å². The predicted octanol–water partition coefficient (Wildman–Crippen LogP) is 5.85. The number of benzene rings is 2. The Hall–Kier alpha value is -3.57. The van der Waals surface area contributed by atoms with Crippen LogP contribution in [0, 0.1) is 24.4 Å². The summed E-state index contributed by atoms with van der Waals surface area (Å²) in [6.07, 6.45) is 0.825. The SMILES string of the molecule is CC[C@@H](C(=O)NC(CC(=O)OC(C)(C)C)C(=O)COc1c(F)c(C)cc(F)c1F)n1ccc2cc(Cl)c(Cl)cc2c1=O. The summed E-state index contributed by atoms with van der Waals surface area (Å²) in [6, 6.07) is 2.37. The van der Waals surface area contributed by atoms with Crippen molar-refractivity contribution in [3.05, 3.63) is 73.9 Å². The van der Waals surface area contributed by atoms with E-state index in [2.05, 4.69) is 5.32 Å². The van der Waals surface area contributed by atoms with Crippen LogP contribution in [0.5, 0.6) is 5.75 Å². The summed E-state index contributed by atoms with van der Waals surface area (Å²) in [5, 5.41) is 3.50. The van der Waals surface area contributed by atoms with Gasteiger partial charge in [-0.1, -0.05) is 30.1 Å². The Morgan fingerprint density at radius 1 is 1.05 bits per heavy atom. The van der Waals surface area contributed by atoms with Gasteiger partial charge >= 0.3 is 5.97 Å². The summed E-state index contributed by atoms with van der Waals surface area (Å²) in [7, 11) is 0. The fourth-order valence-electron chi connectivity index (χ4n) is 4.14. The number of carbonyl (C=O) groups is 3. The monoisotopic (exact) mass is 628 g/mol. The first-order valence-electron chi connectivity index (χ1n) is 12.9. The molecule has 2 aromatic carbocycles. The number of aromatic nitrogens is 1. The summed E-state index contributed by atoms with van der Waals surface area (Å²) in [5.74, 6) is -7.97. The van der Waals surface area contributed by atoms with Gasteiger partial charge in [-0.3, -0.25) is 19.2 Å². The van der Waals surface area contributed by atoms with E-state index in [1.807, 2.05) is 0 Å². The van der Waals surface area contributed by atoms with Crippen LogP contribution in [0.15, 0.2) is 35.3 Å². The van der Waals surface area contributed by atoms with Crippen LogP contribution in [-0.2, 0) is 19.1 Å². The number of ether oxygens (including phenoxy) is 2. The van der Waals surface area contributed by atoms with Crippen molar-refractivity contribution in [3.8, 4) is 5.75 Å². The van der Waals surface area contributed by atoms with Gasteiger partial charge in [0.25, 0.3) is 5.56 Å². The molecule has 0 fully saturated rings. The highest BCUT2D eigenvalue weighted by molar-refractivity contribution is 6.42. The first kappa shape index (κ1) is 32.9. The van der Waals surface area contributed by atoms with E-state index in [1.165, 1.54) is 25.3 Å². The van der Waals surface area contributed by atoms with Crippen molar-refractivity contribution in [1.82, 2.24) is 9.88 Å². The smallest absolute Gasteiger partial charge is 0.308 e. The van der Waals surface area contributed by atoms with Crippen LogP contribution in [0.3, 0.4) is 0 Å². The number of nitrogens with one attached hydrogen (secondary N) is 1. The Labute approximate surface area is 249 Å². The average Bonchev–Trinajstić information content (AvgIpc) is 2.89. The second-order valence-electron chi connectivity index (χ2n) is 10.5.